The lowest BCUT2D eigenvalue weighted by Crippen LogP contribution is -2.17. The van der Waals surface area contributed by atoms with Crippen LogP contribution in [0.5, 0.6) is 0 Å². The molecule has 8 nitrogen and oxygen atoms in total. The van der Waals surface area contributed by atoms with Crippen LogP contribution in [0.4, 0.5) is 20.4 Å². The number of nitrogens with two attached hydrogens (primary N) is 1. The molecule has 3 aromatic heterocycles. The van der Waals surface area contributed by atoms with Crippen molar-refractivity contribution in [3.8, 4) is 11.3 Å². The van der Waals surface area contributed by atoms with Crippen LogP contribution in [0, 0.1) is 11.6 Å². The summed E-state index contributed by atoms with van der Waals surface area (Å²) in [7, 11) is 0. The first-order valence-electron chi connectivity index (χ1n) is 8.34. The van der Waals surface area contributed by atoms with Gasteiger partial charge < -0.3 is 16.0 Å². The fourth-order valence-electron chi connectivity index (χ4n) is 2.98. The summed E-state index contributed by atoms with van der Waals surface area (Å²) < 4.78 is 28.6. The molecule has 0 aliphatic heterocycles. The Morgan fingerprint density at radius 3 is 2.89 bits per heavy atom. The Hall–Kier alpha value is -3.82. The van der Waals surface area contributed by atoms with Gasteiger partial charge in [0.15, 0.2) is 11.5 Å². The fourth-order valence-corrected chi connectivity index (χ4v) is 2.98. The van der Waals surface area contributed by atoms with Gasteiger partial charge in [-0.15, -0.1) is 5.10 Å². The standard InChI is InChI=1S/C18H15F2N7O/c1-9(11-4-3-10(19)7-12(11)20)23-14-8-13(24-18(28)25-14)15-16(21)26-27-6-2-5-22-17(15)27/h2-9H,1H3,(H2,21,26)(H2,23,24,25,28)/t9-/m0/s1. The lowest BCUT2D eigenvalue weighted by atomic mass is 10.1. The highest BCUT2D eigenvalue weighted by molar-refractivity contribution is 5.84. The quantitative estimate of drug-likeness (QED) is 0.499. The van der Waals surface area contributed by atoms with Crippen LogP contribution in [0.15, 0.2) is 47.5 Å². The monoisotopic (exact) mass is 383 g/mol. The average Bonchev–Trinajstić information content (AvgIpc) is 2.96. The van der Waals surface area contributed by atoms with Gasteiger partial charge in [-0.25, -0.2) is 23.1 Å². The van der Waals surface area contributed by atoms with Crippen molar-refractivity contribution in [2.75, 3.05) is 11.1 Å². The molecular weight excluding hydrogens is 368 g/mol. The fraction of sp³-hybridized carbons (Fsp3) is 0.111. The van der Waals surface area contributed by atoms with Crippen LogP contribution < -0.4 is 16.7 Å². The van der Waals surface area contributed by atoms with Gasteiger partial charge in [-0.3, -0.25) is 0 Å². The van der Waals surface area contributed by atoms with Gasteiger partial charge >= 0.3 is 5.69 Å². The Morgan fingerprint density at radius 2 is 2.11 bits per heavy atom. The van der Waals surface area contributed by atoms with Crippen molar-refractivity contribution in [1.29, 1.82) is 0 Å². The van der Waals surface area contributed by atoms with Gasteiger partial charge in [-0.05, 0) is 19.1 Å². The number of nitrogens with zero attached hydrogens (tertiary/aromatic N) is 4. The summed E-state index contributed by atoms with van der Waals surface area (Å²) >= 11 is 0. The average molecular weight is 383 g/mol. The van der Waals surface area contributed by atoms with E-state index in [0.29, 0.717) is 16.9 Å². The number of halogens is 2. The second-order valence-electron chi connectivity index (χ2n) is 6.17. The van der Waals surface area contributed by atoms with Crippen molar-refractivity contribution in [1.82, 2.24) is 24.6 Å². The van der Waals surface area contributed by atoms with Crippen molar-refractivity contribution in [3.05, 3.63) is 70.4 Å². The molecule has 0 fully saturated rings. The minimum Gasteiger partial charge on any atom is -0.382 e. The Morgan fingerprint density at radius 1 is 1.29 bits per heavy atom. The minimum atomic E-state index is -0.693. The van der Waals surface area contributed by atoms with Crippen LogP contribution in [-0.4, -0.2) is 24.6 Å². The molecule has 4 N–H and O–H groups in total. The van der Waals surface area contributed by atoms with Gasteiger partial charge in [0.2, 0.25) is 0 Å². The van der Waals surface area contributed by atoms with Gasteiger partial charge in [0.05, 0.1) is 17.3 Å². The predicted molar refractivity (Wildman–Crippen MR) is 99.6 cm³/mol. The highest BCUT2D eigenvalue weighted by Crippen LogP contribution is 2.28. The number of anilines is 2. The molecule has 142 valence electrons. The Kier molecular flexibility index (Phi) is 4.22. The molecule has 10 heteroatoms. The third kappa shape index (κ3) is 3.15. The maximum absolute atomic E-state index is 14.0. The molecule has 3 heterocycles. The summed E-state index contributed by atoms with van der Waals surface area (Å²) in [6, 6.07) is 5.99. The SMILES string of the molecule is C[C@H](Nc1cc(-c2c(N)nn3cccnc23)[nH]c(=O)n1)c1ccc(F)cc1F. The Bertz CT molecular complexity index is 1230. The topological polar surface area (TPSA) is 114 Å². The number of nitrogen functional groups attached to an aromatic ring is 1. The third-order valence-corrected chi connectivity index (χ3v) is 4.23. The molecule has 0 amide bonds. The molecule has 0 saturated carbocycles. The third-order valence-electron chi connectivity index (χ3n) is 4.23. The molecule has 0 aliphatic rings. The van der Waals surface area contributed by atoms with Crippen LogP contribution in [-0.2, 0) is 0 Å². The van der Waals surface area contributed by atoms with Crippen molar-refractivity contribution >= 4 is 17.3 Å². The van der Waals surface area contributed by atoms with Gasteiger partial charge in [-0.1, -0.05) is 6.07 Å². The minimum absolute atomic E-state index is 0.184. The number of aromatic nitrogens is 5. The maximum atomic E-state index is 14.0. The molecular formula is C18H15F2N7O. The highest BCUT2D eigenvalue weighted by atomic mass is 19.1. The number of nitrogens with one attached hydrogen (secondary N) is 2. The van der Waals surface area contributed by atoms with Gasteiger partial charge in [-0.2, -0.15) is 4.98 Å². The molecule has 1 atom stereocenters. The second-order valence-corrected chi connectivity index (χ2v) is 6.17. The summed E-state index contributed by atoms with van der Waals surface area (Å²) in [5, 5.41) is 7.11. The molecule has 0 saturated heterocycles. The van der Waals surface area contributed by atoms with Crippen LogP contribution in [0.3, 0.4) is 0 Å². The first-order valence-corrected chi connectivity index (χ1v) is 8.34. The molecule has 0 radical (unpaired) electrons. The number of fused-ring (bicyclic) bond motifs is 1. The first kappa shape index (κ1) is 17.6. The van der Waals surface area contributed by atoms with E-state index in [1.807, 2.05) is 0 Å². The molecule has 4 aromatic rings. The summed E-state index contributed by atoms with van der Waals surface area (Å²) in [6.07, 6.45) is 3.26. The second kappa shape index (κ2) is 6.72. The maximum Gasteiger partial charge on any atom is 0.347 e. The molecule has 0 unspecified atom stereocenters. The van der Waals surface area contributed by atoms with E-state index in [1.165, 1.54) is 16.6 Å². The summed E-state index contributed by atoms with van der Waals surface area (Å²) in [5.41, 5.74) is 6.88. The number of rotatable bonds is 4. The molecule has 28 heavy (non-hydrogen) atoms. The zero-order valence-corrected chi connectivity index (χ0v) is 14.6. The van der Waals surface area contributed by atoms with Crippen LogP contribution in [0.1, 0.15) is 18.5 Å². The molecule has 1 aromatic carbocycles. The molecule has 0 bridgehead atoms. The van der Waals surface area contributed by atoms with Crippen molar-refractivity contribution in [3.63, 3.8) is 0 Å². The Labute approximate surface area is 157 Å². The molecule has 0 spiro atoms. The van der Waals surface area contributed by atoms with E-state index in [4.69, 9.17) is 5.73 Å². The Balaban J connectivity index is 1.73. The van der Waals surface area contributed by atoms with E-state index in [2.05, 4.69) is 25.4 Å². The summed E-state index contributed by atoms with van der Waals surface area (Å²) in [6.45, 7) is 1.67. The summed E-state index contributed by atoms with van der Waals surface area (Å²) in [4.78, 5) is 22.8. The van der Waals surface area contributed by atoms with E-state index in [9.17, 15) is 13.6 Å². The number of hydrogen-bond donors (Lipinski definition) is 3. The summed E-state index contributed by atoms with van der Waals surface area (Å²) in [5.74, 6) is -0.976. The van der Waals surface area contributed by atoms with Gasteiger partial charge in [0, 0.05) is 30.1 Å². The van der Waals surface area contributed by atoms with Gasteiger partial charge in [0.1, 0.15) is 17.5 Å². The number of hydrogen-bond acceptors (Lipinski definition) is 6. The van der Waals surface area contributed by atoms with E-state index < -0.39 is 23.4 Å². The number of H-pyrrole nitrogens is 1. The molecule has 4 rings (SSSR count). The largest absolute Gasteiger partial charge is 0.382 e. The van der Waals surface area contributed by atoms with Crippen molar-refractivity contribution < 1.29 is 8.78 Å². The van der Waals surface area contributed by atoms with E-state index in [1.54, 1.807) is 31.5 Å². The predicted octanol–water partition coefficient (Wildman–Crippen LogP) is 2.51. The zero-order valence-electron chi connectivity index (χ0n) is 14.6. The highest BCUT2D eigenvalue weighted by Gasteiger charge is 2.17. The lowest BCUT2D eigenvalue weighted by Gasteiger charge is -2.16. The van der Waals surface area contributed by atoms with Gasteiger partial charge in [0.25, 0.3) is 0 Å². The normalized spacial score (nSPS) is 12.2. The smallest absolute Gasteiger partial charge is 0.347 e. The van der Waals surface area contributed by atoms with Crippen LogP contribution >= 0.6 is 0 Å². The van der Waals surface area contributed by atoms with E-state index in [-0.39, 0.29) is 17.2 Å². The first-order chi connectivity index (χ1) is 13.4. The lowest BCUT2D eigenvalue weighted by molar-refractivity contribution is 0.566. The zero-order chi connectivity index (χ0) is 19.8. The van der Waals surface area contributed by atoms with E-state index in [0.717, 1.165) is 6.07 Å². The van der Waals surface area contributed by atoms with E-state index >= 15 is 0 Å². The number of benzene rings is 1. The molecule has 0 aliphatic carbocycles. The van der Waals surface area contributed by atoms with Crippen LogP contribution in [0.2, 0.25) is 0 Å². The van der Waals surface area contributed by atoms with Crippen molar-refractivity contribution in [2.45, 2.75) is 13.0 Å². The van der Waals surface area contributed by atoms with Crippen molar-refractivity contribution in [2.24, 2.45) is 0 Å². The number of aromatic amines is 1. The van der Waals surface area contributed by atoms with Crippen LogP contribution in [0.25, 0.3) is 16.9 Å².